The van der Waals surface area contributed by atoms with Gasteiger partial charge in [0.2, 0.25) is 17.7 Å². The Morgan fingerprint density at radius 2 is 1.67 bits per heavy atom. The molecule has 0 aliphatic rings. The topological polar surface area (TPSA) is 172 Å². The van der Waals surface area contributed by atoms with E-state index in [2.05, 4.69) is 15.6 Å². The van der Waals surface area contributed by atoms with Crippen LogP contribution >= 0.6 is 0 Å². The molecule has 1 aromatic carbocycles. The number of nitrogens with two attached hydrogens (primary N) is 2. The summed E-state index contributed by atoms with van der Waals surface area (Å²) in [5.41, 5.74) is 13.5. The zero-order chi connectivity index (χ0) is 24.8. The van der Waals surface area contributed by atoms with Crippen molar-refractivity contribution in [2.24, 2.45) is 34.2 Å². The Labute approximate surface area is 195 Å². The molecule has 1 unspecified atom stereocenters. The van der Waals surface area contributed by atoms with Crippen LogP contribution in [0.4, 0.5) is 0 Å². The van der Waals surface area contributed by atoms with Gasteiger partial charge in [-0.05, 0) is 43.6 Å². The number of hydroxylamine groups is 1. The number of hydrogen-bond acceptors (Lipinski definition) is 5. The summed E-state index contributed by atoms with van der Waals surface area (Å²) in [5.74, 6) is -2.87. The van der Waals surface area contributed by atoms with Crippen LogP contribution in [-0.4, -0.2) is 48.5 Å². The fraction of sp³-hybridized carbons (Fsp3) is 0.565. The van der Waals surface area contributed by atoms with E-state index in [4.69, 9.17) is 11.5 Å². The molecule has 10 nitrogen and oxygen atoms in total. The average molecular weight is 463 g/mol. The van der Waals surface area contributed by atoms with Crippen molar-refractivity contribution in [3.63, 3.8) is 0 Å². The molecule has 0 saturated carbocycles. The van der Waals surface area contributed by atoms with E-state index in [0.29, 0.717) is 19.3 Å². The van der Waals surface area contributed by atoms with E-state index in [-0.39, 0.29) is 30.8 Å². The lowest BCUT2D eigenvalue weighted by atomic mass is 9.80. The molecule has 33 heavy (non-hydrogen) atoms. The highest BCUT2D eigenvalue weighted by atomic mass is 16.5. The Balaban J connectivity index is 3.00. The van der Waals surface area contributed by atoms with Gasteiger partial charge in [0.1, 0.15) is 6.04 Å². The van der Waals surface area contributed by atoms with Gasteiger partial charge in [-0.3, -0.25) is 24.6 Å². The number of nitrogens with one attached hydrogen (secondary N) is 3. The lowest BCUT2D eigenvalue weighted by molar-refractivity contribution is -0.142. The highest BCUT2D eigenvalue weighted by Crippen LogP contribution is 2.26. The molecule has 184 valence electrons. The fourth-order valence-electron chi connectivity index (χ4n) is 3.78. The first-order chi connectivity index (χ1) is 15.7. The fourth-order valence-corrected chi connectivity index (χ4v) is 3.78. The number of rotatable bonds is 14. The number of guanidine groups is 1. The van der Waals surface area contributed by atoms with Crippen LogP contribution in [0.2, 0.25) is 0 Å². The lowest BCUT2D eigenvalue weighted by Gasteiger charge is -2.28. The number of aliphatic imine (C=N–C) groups is 1. The van der Waals surface area contributed by atoms with E-state index >= 15 is 0 Å². The predicted molar refractivity (Wildman–Crippen MR) is 127 cm³/mol. The molecule has 1 aromatic rings. The SMILES string of the molecule is CNC(=O)[C@H](CCN=C(N)N)NC(=O)[C@H](CC(C)C)C(CCCc1ccccc1)C(=O)NO. The van der Waals surface area contributed by atoms with Crippen molar-refractivity contribution in [3.8, 4) is 0 Å². The monoisotopic (exact) mass is 462 g/mol. The number of nitrogens with zero attached hydrogens (tertiary/aromatic N) is 1. The maximum absolute atomic E-state index is 13.3. The minimum Gasteiger partial charge on any atom is -0.370 e. The molecule has 8 N–H and O–H groups in total. The van der Waals surface area contributed by atoms with Gasteiger partial charge < -0.3 is 22.1 Å². The summed E-state index contributed by atoms with van der Waals surface area (Å²) in [4.78, 5) is 42.0. The van der Waals surface area contributed by atoms with Gasteiger partial charge in [0.25, 0.3) is 0 Å². The molecule has 0 heterocycles. The second-order valence-corrected chi connectivity index (χ2v) is 8.47. The van der Waals surface area contributed by atoms with Gasteiger partial charge in [0.05, 0.1) is 5.92 Å². The highest BCUT2D eigenvalue weighted by molar-refractivity contribution is 5.91. The minimum absolute atomic E-state index is 0.104. The van der Waals surface area contributed by atoms with Gasteiger partial charge in [-0.15, -0.1) is 0 Å². The number of aryl methyl sites for hydroxylation is 1. The molecule has 0 aromatic heterocycles. The van der Waals surface area contributed by atoms with E-state index < -0.39 is 29.7 Å². The van der Waals surface area contributed by atoms with Crippen molar-refractivity contribution in [1.29, 1.82) is 0 Å². The molecule has 3 amide bonds. The Morgan fingerprint density at radius 3 is 2.21 bits per heavy atom. The number of benzene rings is 1. The molecule has 0 spiro atoms. The quantitative estimate of drug-likeness (QED) is 0.103. The molecular weight excluding hydrogens is 424 g/mol. The molecule has 3 atom stereocenters. The first kappa shape index (κ1) is 27.9. The number of carbonyl (C=O) groups excluding carboxylic acids is 3. The Morgan fingerprint density at radius 1 is 1.00 bits per heavy atom. The number of carbonyl (C=O) groups is 3. The normalized spacial score (nSPS) is 13.5. The number of amides is 3. The second-order valence-electron chi connectivity index (χ2n) is 8.47. The molecule has 10 heteroatoms. The van der Waals surface area contributed by atoms with Crippen molar-refractivity contribution in [3.05, 3.63) is 35.9 Å². The highest BCUT2D eigenvalue weighted by Gasteiger charge is 2.35. The van der Waals surface area contributed by atoms with Gasteiger partial charge in [0, 0.05) is 19.5 Å². The van der Waals surface area contributed by atoms with Gasteiger partial charge in [-0.1, -0.05) is 44.2 Å². The zero-order valence-electron chi connectivity index (χ0n) is 19.7. The van der Waals surface area contributed by atoms with E-state index in [1.54, 1.807) is 5.48 Å². The molecule has 0 aliphatic carbocycles. The smallest absolute Gasteiger partial charge is 0.247 e. The standard InChI is InChI=1S/C23H38N6O4/c1-15(2)14-18(20(30)28-19(22(32)26-3)12-13-27-23(24)25)17(21(31)29-33)11-7-10-16-8-5-4-6-9-16/h4-6,8-9,15,17-19,33H,7,10-14H2,1-3H3,(H,26,32)(H,28,30)(H,29,31)(H4,24,25,27)/t17?,18-,19+/m1/s1. The Hall–Kier alpha value is -3.14. The molecule has 0 aliphatic heterocycles. The molecule has 1 rings (SSSR count). The third kappa shape index (κ3) is 10.3. The van der Waals surface area contributed by atoms with Crippen LogP contribution in [0.1, 0.15) is 45.1 Å². The molecular formula is C23H38N6O4. The first-order valence-corrected chi connectivity index (χ1v) is 11.2. The Bertz CT molecular complexity index is 780. The predicted octanol–water partition coefficient (Wildman–Crippen LogP) is 0.688. The van der Waals surface area contributed by atoms with Crippen LogP contribution in [-0.2, 0) is 20.8 Å². The van der Waals surface area contributed by atoms with Crippen LogP contribution in [0.5, 0.6) is 0 Å². The van der Waals surface area contributed by atoms with Crippen molar-refractivity contribution >= 4 is 23.7 Å². The van der Waals surface area contributed by atoms with Crippen molar-refractivity contribution in [2.75, 3.05) is 13.6 Å². The summed E-state index contributed by atoms with van der Waals surface area (Å²) >= 11 is 0. The van der Waals surface area contributed by atoms with Crippen LogP contribution in [0, 0.1) is 17.8 Å². The van der Waals surface area contributed by atoms with E-state index in [0.717, 1.165) is 12.0 Å². The van der Waals surface area contributed by atoms with Crippen molar-refractivity contribution in [1.82, 2.24) is 16.1 Å². The molecule has 0 saturated heterocycles. The third-order valence-electron chi connectivity index (χ3n) is 5.41. The lowest BCUT2D eigenvalue weighted by Crippen LogP contribution is -2.50. The third-order valence-corrected chi connectivity index (χ3v) is 5.41. The van der Waals surface area contributed by atoms with E-state index in [1.165, 1.54) is 7.05 Å². The van der Waals surface area contributed by atoms with E-state index in [1.807, 2.05) is 44.2 Å². The number of likely N-dealkylation sites (N-methyl/N-ethyl adjacent to an activating group) is 1. The van der Waals surface area contributed by atoms with Gasteiger partial charge in [-0.25, -0.2) is 5.48 Å². The zero-order valence-corrected chi connectivity index (χ0v) is 19.7. The summed E-state index contributed by atoms with van der Waals surface area (Å²) in [6.45, 7) is 4.06. The van der Waals surface area contributed by atoms with Gasteiger partial charge in [-0.2, -0.15) is 0 Å². The first-order valence-electron chi connectivity index (χ1n) is 11.2. The molecule has 0 fully saturated rings. The summed E-state index contributed by atoms with van der Waals surface area (Å²) in [6, 6.07) is 8.98. The Kier molecular flexibility index (Phi) is 12.5. The van der Waals surface area contributed by atoms with Crippen molar-refractivity contribution < 1.29 is 19.6 Å². The van der Waals surface area contributed by atoms with Crippen molar-refractivity contribution in [2.45, 2.75) is 52.0 Å². The summed E-state index contributed by atoms with van der Waals surface area (Å²) in [5, 5.41) is 14.6. The molecule has 0 radical (unpaired) electrons. The van der Waals surface area contributed by atoms with Gasteiger partial charge >= 0.3 is 0 Å². The summed E-state index contributed by atoms with van der Waals surface area (Å²) in [7, 11) is 1.47. The summed E-state index contributed by atoms with van der Waals surface area (Å²) in [6.07, 6.45) is 2.43. The van der Waals surface area contributed by atoms with Crippen LogP contribution in [0.3, 0.4) is 0 Å². The van der Waals surface area contributed by atoms with Crippen LogP contribution < -0.4 is 27.6 Å². The van der Waals surface area contributed by atoms with Crippen LogP contribution in [0.15, 0.2) is 35.3 Å². The van der Waals surface area contributed by atoms with E-state index in [9.17, 15) is 19.6 Å². The average Bonchev–Trinajstić information content (AvgIpc) is 2.79. The number of hydrogen-bond donors (Lipinski definition) is 6. The maximum Gasteiger partial charge on any atom is 0.247 e. The summed E-state index contributed by atoms with van der Waals surface area (Å²) < 4.78 is 0. The van der Waals surface area contributed by atoms with Gasteiger partial charge in [0.15, 0.2) is 5.96 Å². The molecule has 0 bridgehead atoms. The minimum atomic E-state index is -0.859. The second kappa shape index (κ2) is 14.8. The maximum atomic E-state index is 13.3. The van der Waals surface area contributed by atoms with Crippen LogP contribution in [0.25, 0.3) is 0 Å². The largest absolute Gasteiger partial charge is 0.370 e.